The van der Waals surface area contributed by atoms with Gasteiger partial charge < -0.3 is 31.8 Å². The summed E-state index contributed by atoms with van der Waals surface area (Å²) in [5, 5.41) is 28.2. The summed E-state index contributed by atoms with van der Waals surface area (Å²) >= 11 is 4.56. The average Bonchev–Trinajstić information content (AvgIpc) is 3.91. The number of anilines is 1. The Labute approximate surface area is 333 Å². The quantitative estimate of drug-likeness (QED) is 0.0623. The van der Waals surface area contributed by atoms with Gasteiger partial charge in [0.25, 0.3) is 5.91 Å². The fourth-order valence-electron chi connectivity index (χ4n) is 5.84. The lowest BCUT2D eigenvalue weighted by atomic mass is 9.98. The lowest BCUT2D eigenvalue weighted by Gasteiger charge is -2.25. The van der Waals surface area contributed by atoms with E-state index >= 15 is 0 Å². The molecule has 0 saturated carbocycles. The molecule has 3 heterocycles. The molecule has 0 aliphatic carbocycles. The molecule has 0 fully saturated rings. The van der Waals surface area contributed by atoms with Crippen molar-refractivity contribution in [2.24, 2.45) is 11.7 Å². The molecule has 56 heavy (non-hydrogen) atoms. The molecule has 3 aromatic heterocycles. The Balaban J connectivity index is 1.32. The van der Waals surface area contributed by atoms with Crippen LogP contribution in [0.3, 0.4) is 0 Å². The Morgan fingerprint density at radius 3 is 2.34 bits per heavy atom. The number of fused-ring (bicyclic) bond motifs is 1. The van der Waals surface area contributed by atoms with Crippen LogP contribution in [0.2, 0.25) is 0 Å². The molecule has 5 rings (SSSR count). The first-order valence-electron chi connectivity index (χ1n) is 17.7. The first-order chi connectivity index (χ1) is 26.7. The molecule has 0 spiro atoms. The van der Waals surface area contributed by atoms with Crippen LogP contribution in [0.5, 0.6) is 0 Å². The van der Waals surface area contributed by atoms with Gasteiger partial charge in [-0.3, -0.25) is 39.2 Å². The standard InChI is InChI=1S/C38H42BrN9O7S/c1-5-18(2)31(40)37(55)45-29(16-30(49)50)36(54)44-28(14-21-17-41-25-13-9-7-10-22(21)25)35(53)42-19(3)32(51)26-15-27(48-47-26)33-20(4)43-38(56-33)46-34(52)23-11-6-8-12-24(23)39/h6-13,15,17-19,28-29,31,41H,5,14,16,40H2,1-4H3,(H,42,53)(H,44,54)(H,45,55)(H,47,48)(H,49,50)(H,43,46,52)/t18-,19-,28-,29+,31-/m0/s1. The van der Waals surface area contributed by atoms with Crippen molar-refractivity contribution in [1.29, 1.82) is 0 Å². The Morgan fingerprint density at radius 1 is 0.946 bits per heavy atom. The minimum atomic E-state index is -1.54. The number of benzene rings is 2. The van der Waals surface area contributed by atoms with Crippen LogP contribution in [0.25, 0.3) is 21.5 Å². The number of nitrogens with two attached hydrogens (primary N) is 1. The van der Waals surface area contributed by atoms with E-state index in [2.05, 4.69) is 57.4 Å². The Hall–Kier alpha value is -5.72. The number of Topliss-reactive ketones (excluding diaryl/α,β-unsaturated/α-hetero) is 1. The maximum atomic E-state index is 13.9. The van der Waals surface area contributed by atoms with Crippen molar-refractivity contribution in [3.8, 4) is 10.6 Å². The number of aryl methyl sites for hydroxylation is 1. The number of aliphatic carboxylic acids is 1. The van der Waals surface area contributed by atoms with Crippen LogP contribution in [0.4, 0.5) is 5.13 Å². The van der Waals surface area contributed by atoms with Crippen LogP contribution in [0.15, 0.2) is 65.3 Å². The lowest BCUT2D eigenvalue weighted by Crippen LogP contribution is -2.58. The number of hydrogen-bond acceptors (Lipinski definition) is 10. The van der Waals surface area contributed by atoms with Crippen molar-refractivity contribution in [2.45, 2.75) is 71.1 Å². The molecule has 294 valence electrons. The van der Waals surface area contributed by atoms with Gasteiger partial charge in [-0.25, -0.2) is 4.98 Å². The SMILES string of the molecule is CC[C@H](C)[C@H](N)C(=O)N[C@H](CC(=O)O)C(=O)N[C@@H](Cc1c[nH]c2ccccc12)C(=O)N[C@@H](C)C(=O)c1cc(-c2sc(NC(=O)c3ccccc3Br)nc2C)[nH]n1. The normalized spacial score (nSPS) is 13.9. The molecular weight excluding hydrogens is 806 g/mol. The smallest absolute Gasteiger partial charge is 0.305 e. The highest BCUT2D eigenvalue weighted by atomic mass is 79.9. The van der Waals surface area contributed by atoms with Gasteiger partial charge in [0.05, 0.1) is 40.3 Å². The van der Waals surface area contributed by atoms with Gasteiger partial charge in [-0.2, -0.15) is 5.10 Å². The molecule has 9 N–H and O–H groups in total. The van der Waals surface area contributed by atoms with Gasteiger partial charge in [-0.15, -0.1) is 0 Å². The number of H-pyrrole nitrogens is 2. The molecule has 0 aliphatic rings. The number of halogens is 1. The van der Waals surface area contributed by atoms with Crippen molar-refractivity contribution < 1.29 is 33.9 Å². The van der Waals surface area contributed by atoms with Gasteiger partial charge in [0, 0.05) is 28.0 Å². The number of nitrogens with one attached hydrogen (secondary N) is 6. The molecule has 0 saturated heterocycles. The van der Waals surface area contributed by atoms with E-state index in [1.54, 1.807) is 44.3 Å². The molecule has 0 aliphatic heterocycles. The van der Waals surface area contributed by atoms with Crippen LogP contribution in [0.1, 0.15) is 65.7 Å². The number of aromatic amines is 2. The number of ketones is 1. The number of carboxylic acid groups (broad SMARTS) is 1. The third-order valence-electron chi connectivity index (χ3n) is 9.27. The van der Waals surface area contributed by atoms with E-state index in [-0.39, 0.29) is 23.9 Å². The van der Waals surface area contributed by atoms with Crippen LogP contribution in [-0.4, -0.2) is 84.8 Å². The number of amides is 4. The van der Waals surface area contributed by atoms with E-state index in [9.17, 15) is 33.9 Å². The summed E-state index contributed by atoms with van der Waals surface area (Å²) in [6.07, 6.45) is 1.46. The van der Waals surface area contributed by atoms with Crippen molar-refractivity contribution >= 4 is 78.7 Å². The highest BCUT2D eigenvalue weighted by Gasteiger charge is 2.33. The molecule has 5 aromatic rings. The third kappa shape index (κ3) is 9.92. The Bertz CT molecular complexity index is 2270. The van der Waals surface area contributed by atoms with Crippen molar-refractivity contribution in [2.75, 3.05) is 5.32 Å². The van der Waals surface area contributed by atoms with E-state index < -0.39 is 60.1 Å². The number of carbonyl (C=O) groups is 6. The second-order valence-corrected chi connectivity index (χ2v) is 15.2. The van der Waals surface area contributed by atoms with Crippen molar-refractivity contribution in [3.63, 3.8) is 0 Å². The molecule has 16 nitrogen and oxygen atoms in total. The minimum absolute atomic E-state index is 0.0125. The van der Waals surface area contributed by atoms with E-state index in [1.165, 1.54) is 24.3 Å². The van der Waals surface area contributed by atoms with Gasteiger partial charge in [0.15, 0.2) is 5.13 Å². The van der Waals surface area contributed by atoms with E-state index in [0.29, 0.717) is 43.4 Å². The van der Waals surface area contributed by atoms with Crippen LogP contribution in [0, 0.1) is 12.8 Å². The fourth-order valence-corrected chi connectivity index (χ4v) is 7.23. The molecule has 2 aromatic carbocycles. The number of thiazole rings is 1. The maximum absolute atomic E-state index is 13.9. The maximum Gasteiger partial charge on any atom is 0.305 e. The number of nitrogens with zero attached hydrogens (tertiary/aromatic N) is 2. The first-order valence-corrected chi connectivity index (χ1v) is 19.3. The zero-order valence-electron chi connectivity index (χ0n) is 30.9. The summed E-state index contributed by atoms with van der Waals surface area (Å²) in [6.45, 7) is 6.82. The van der Waals surface area contributed by atoms with Crippen LogP contribution >= 0.6 is 27.3 Å². The predicted molar refractivity (Wildman–Crippen MR) is 214 cm³/mol. The monoisotopic (exact) mass is 847 g/mol. The van der Waals surface area contributed by atoms with Crippen molar-refractivity contribution in [1.82, 2.24) is 36.1 Å². The van der Waals surface area contributed by atoms with Crippen LogP contribution < -0.4 is 27.0 Å². The zero-order chi connectivity index (χ0) is 40.7. The Morgan fingerprint density at radius 2 is 1.62 bits per heavy atom. The molecule has 18 heteroatoms. The number of aromatic nitrogens is 4. The van der Waals surface area contributed by atoms with E-state index in [4.69, 9.17) is 5.73 Å². The topological polar surface area (TPSA) is 254 Å². The largest absolute Gasteiger partial charge is 0.481 e. The van der Waals surface area contributed by atoms with Gasteiger partial charge in [-0.1, -0.05) is 61.9 Å². The summed E-state index contributed by atoms with van der Waals surface area (Å²) in [7, 11) is 0. The molecule has 0 unspecified atom stereocenters. The van der Waals surface area contributed by atoms with Crippen LogP contribution in [-0.2, 0) is 25.6 Å². The third-order valence-corrected chi connectivity index (χ3v) is 11.1. The van der Waals surface area contributed by atoms with Gasteiger partial charge in [0.1, 0.15) is 17.8 Å². The number of hydrogen-bond donors (Lipinski definition) is 8. The summed E-state index contributed by atoms with van der Waals surface area (Å²) in [4.78, 5) is 86.7. The predicted octanol–water partition coefficient (Wildman–Crippen LogP) is 4.09. The highest BCUT2D eigenvalue weighted by molar-refractivity contribution is 9.10. The number of rotatable bonds is 17. The van der Waals surface area contributed by atoms with E-state index in [0.717, 1.165) is 10.9 Å². The molecule has 5 atom stereocenters. The fraction of sp³-hybridized carbons (Fsp3) is 0.316. The molecule has 0 bridgehead atoms. The van der Waals surface area contributed by atoms with Gasteiger partial charge >= 0.3 is 5.97 Å². The second-order valence-electron chi connectivity index (χ2n) is 13.3. The first kappa shape index (κ1) is 41.4. The highest BCUT2D eigenvalue weighted by Crippen LogP contribution is 2.32. The molecule has 4 amide bonds. The summed E-state index contributed by atoms with van der Waals surface area (Å²) < 4.78 is 0.629. The summed E-state index contributed by atoms with van der Waals surface area (Å²) in [5.74, 6) is -4.85. The number of carbonyl (C=O) groups excluding carboxylic acids is 5. The Kier molecular flexibility index (Phi) is 13.5. The van der Waals surface area contributed by atoms with Gasteiger partial charge in [-0.05, 0) is 65.5 Å². The second kappa shape index (κ2) is 18.3. The minimum Gasteiger partial charge on any atom is -0.481 e. The zero-order valence-corrected chi connectivity index (χ0v) is 33.3. The molecule has 0 radical (unpaired) electrons. The number of carboxylic acids is 1. The summed E-state index contributed by atoms with van der Waals surface area (Å²) in [6, 6.07) is 10.9. The summed E-state index contributed by atoms with van der Waals surface area (Å²) in [5.41, 5.74) is 8.99. The van der Waals surface area contributed by atoms with E-state index in [1.807, 2.05) is 31.2 Å². The lowest BCUT2D eigenvalue weighted by molar-refractivity contribution is -0.141. The molecular formula is C38H42BrN9O7S. The van der Waals surface area contributed by atoms with Crippen molar-refractivity contribution in [3.05, 3.63) is 87.8 Å². The van der Waals surface area contributed by atoms with Gasteiger partial charge in [0.2, 0.25) is 23.5 Å². The number of para-hydroxylation sites is 1. The average molecular weight is 849 g/mol.